The van der Waals surface area contributed by atoms with E-state index in [1.807, 2.05) is 0 Å². The van der Waals surface area contributed by atoms with Crippen molar-refractivity contribution in [2.75, 3.05) is 0 Å². The highest BCUT2D eigenvalue weighted by Crippen LogP contribution is 2.37. The molecule has 1 aromatic carbocycles. The third-order valence-corrected chi connectivity index (χ3v) is 6.42. The molecule has 0 radical (unpaired) electrons. The van der Waals surface area contributed by atoms with E-state index in [2.05, 4.69) is 51.1 Å². The smallest absolute Gasteiger partial charge is 0.306 e. The van der Waals surface area contributed by atoms with Crippen molar-refractivity contribution >= 4 is 5.97 Å². The molecule has 1 heterocycles. The SMILES string of the molecule is C[C@H](CCCCCCCCCc1ccccc1)C[C@]1(C)C[C@H](C)[C@H](CC(=O)O)OO1. The fraction of sp³-hybridized carbons (Fsp3) is 0.731. The van der Waals surface area contributed by atoms with Gasteiger partial charge in [-0.1, -0.05) is 89.1 Å². The summed E-state index contributed by atoms with van der Waals surface area (Å²) in [7, 11) is 0. The number of benzene rings is 1. The highest BCUT2D eigenvalue weighted by molar-refractivity contribution is 5.67. The van der Waals surface area contributed by atoms with Crippen LogP contribution in [-0.4, -0.2) is 22.8 Å². The summed E-state index contributed by atoms with van der Waals surface area (Å²) in [4.78, 5) is 22.0. The fourth-order valence-electron chi connectivity index (χ4n) is 4.83. The molecule has 4 heteroatoms. The van der Waals surface area contributed by atoms with Crippen LogP contribution in [0.1, 0.15) is 97.0 Å². The van der Waals surface area contributed by atoms with Crippen LogP contribution in [-0.2, 0) is 21.0 Å². The maximum Gasteiger partial charge on any atom is 0.306 e. The number of hydrogen-bond acceptors (Lipinski definition) is 3. The number of aliphatic carboxylic acids is 1. The summed E-state index contributed by atoms with van der Waals surface area (Å²) in [6.07, 6.45) is 13.2. The Morgan fingerprint density at radius 3 is 2.37 bits per heavy atom. The molecule has 0 amide bonds. The standard InChI is InChI=1S/C26H42O4/c1-21(19-26(3)20-22(2)24(29-30-26)18-25(27)28)14-10-7-5-4-6-8-11-15-23-16-12-9-13-17-23/h9,12-13,16-17,21-22,24H,4-8,10-11,14-15,18-20H2,1-3H3,(H,27,28)/t21-,22+,24+,26-/m1/s1. The molecule has 170 valence electrons. The first-order valence-electron chi connectivity index (χ1n) is 12.0. The van der Waals surface area contributed by atoms with Gasteiger partial charge in [0.2, 0.25) is 0 Å². The van der Waals surface area contributed by atoms with Crippen molar-refractivity contribution < 1.29 is 19.7 Å². The van der Waals surface area contributed by atoms with Crippen LogP contribution in [0.5, 0.6) is 0 Å². The minimum atomic E-state index is -0.830. The van der Waals surface area contributed by atoms with Crippen molar-refractivity contribution in [2.45, 2.75) is 110 Å². The Hall–Kier alpha value is -1.39. The van der Waals surface area contributed by atoms with Crippen molar-refractivity contribution in [3.63, 3.8) is 0 Å². The Bertz CT molecular complexity index is 602. The molecule has 1 saturated heterocycles. The lowest BCUT2D eigenvalue weighted by molar-refractivity contribution is -0.418. The van der Waals surface area contributed by atoms with Gasteiger partial charge in [-0.05, 0) is 50.0 Å². The first-order valence-corrected chi connectivity index (χ1v) is 12.0. The average molecular weight is 419 g/mol. The van der Waals surface area contributed by atoms with Gasteiger partial charge in [0.1, 0.15) is 11.7 Å². The second-order valence-electron chi connectivity index (χ2n) is 9.76. The second-order valence-corrected chi connectivity index (χ2v) is 9.76. The van der Waals surface area contributed by atoms with Gasteiger partial charge in [-0.3, -0.25) is 4.79 Å². The average Bonchev–Trinajstić information content (AvgIpc) is 2.69. The van der Waals surface area contributed by atoms with E-state index in [1.54, 1.807) is 0 Å². The minimum absolute atomic E-state index is 0.0130. The zero-order valence-corrected chi connectivity index (χ0v) is 19.3. The predicted octanol–water partition coefficient (Wildman–Crippen LogP) is 6.97. The number of unbranched alkanes of at least 4 members (excludes halogenated alkanes) is 6. The number of carbonyl (C=O) groups is 1. The lowest BCUT2D eigenvalue weighted by Crippen LogP contribution is -2.44. The molecule has 0 aliphatic carbocycles. The van der Waals surface area contributed by atoms with Crippen LogP contribution in [0.3, 0.4) is 0 Å². The van der Waals surface area contributed by atoms with E-state index in [1.165, 1.54) is 63.4 Å². The number of carboxylic acid groups (broad SMARTS) is 1. The molecule has 0 aromatic heterocycles. The lowest BCUT2D eigenvalue weighted by atomic mass is 9.81. The maximum absolute atomic E-state index is 10.9. The zero-order valence-electron chi connectivity index (χ0n) is 19.3. The molecule has 1 fully saturated rings. The van der Waals surface area contributed by atoms with E-state index in [0.717, 1.165) is 12.8 Å². The molecule has 30 heavy (non-hydrogen) atoms. The molecule has 0 unspecified atom stereocenters. The van der Waals surface area contributed by atoms with Gasteiger partial charge in [-0.25, -0.2) is 9.78 Å². The van der Waals surface area contributed by atoms with Gasteiger partial charge in [0.15, 0.2) is 0 Å². The number of carboxylic acids is 1. The summed E-state index contributed by atoms with van der Waals surface area (Å²) in [6.45, 7) is 6.47. The molecular formula is C26H42O4. The van der Waals surface area contributed by atoms with Gasteiger partial charge in [0.25, 0.3) is 0 Å². The third kappa shape index (κ3) is 9.61. The Morgan fingerprint density at radius 2 is 1.73 bits per heavy atom. The molecule has 1 aliphatic heterocycles. The summed E-state index contributed by atoms with van der Waals surface area (Å²) in [5.41, 5.74) is 1.16. The quantitative estimate of drug-likeness (QED) is 0.262. The molecule has 4 nitrogen and oxygen atoms in total. The summed E-state index contributed by atoms with van der Waals surface area (Å²) in [5, 5.41) is 8.97. The zero-order chi connectivity index (χ0) is 21.8. The molecule has 1 N–H and O–H groups in total. The van der Waals surface area contributed by atoms with Crippen LogP contribution >= 0.6 is 0 Å². The van der Waals surface area contributed by atoms with Crippen LogP contribution in [0, 0.1) is 11.8 Å². The third-order valence-electron chi connectivity index (χ3n) is 6.42. The van der Waals surface area contributed by atoms with Gasteiger partial charge in [0.05, 0.1) is 6.42 Å². The van der Waals surface area contributed by atoms with E-state index in [-0.39, 0.29) is 24.0 Å². The van der Waals surface area contributed by atoms with Crippen LogP contribution in [0.25, 0.3) is 0 Å². The topological polar surface area (TPSA) is 55.8 Å². The molecule has 1 aromatic rings. The Kier molecular flexibility index (Phi) is 10.9. The van der Waals surface area contributed by atoms with Crippen LogP contribution < -0.4 is 0 Å². The lowest BCUT2D eigenvalue weighted by Gasteiger charge is -2.40. The van der Waals surface area contributed by atoms with E-state index in [9.17, 15) is 4.79 Å². The largest absolute Gasteiger partial charge is 0.481 e. The predicted molar refractivity (Wildman–Crippen MR) is 121 cm³/mol. The van der Waals surface area contributed by atoms with E-state index in [0.29, 0.717) is 5.92 Å². The monoisotopic (exact) mass is 418 g/mol. The molecular weight excluding hydrogens is 376 g/mol. The first-order chi connectivity index (χ1) is 14.4. The summed E-state index contributed by atoms with van der Waals surface area (Å²) in [5.74, 6) is -0.0368. The Labute approximate surface area is 183 Å². The van der Waals surface area contributed by atoms with E-state index in [4.69, 9.17) is 14.9 Å². The highest BCUT2D eigenvalue weighted by atomic mass is 17.2. The molecule has 0 saturated carbocycles. The summed E-state index contributed by atoms with van der Waals surface area (Å²) < 4.78 is 0. The fourth-order valence-corrected chi connectivity index (χ4v) is 4.83. The van der Waals surface area contributed by atoms with Crippen LogP contribution in [0.15, 0.2) is 30.3 Å². The molecule has 0 spiro atoms. The van der Waals surface area contributed by atoms with E-state index < -0.39 is 5.97 Å². The van der Waals surface area contributed by atoms with Crippen molar-refractivity contribution in [1.82, 2.24) is 0 Å². The van der Waals surface area contributed by atoms with Gasteiger partial charge >= 0.3 is 5.97 Å². The molecule has 1 aliphatic rings. The van der Waals surface area contributed by atoms with Gasteiger partial charge in [-0.2, -0.15) is 0 Å². The number of aryl methyl sites for hydroxylation is 1. The summed E-state index contributed by atoms with van der Waals surface area (Å²) >= 11 is 0. The normalized spacial score (nSPS) is 25.2. The minimum Gasteiger partial charge on any atom is -0.481 e. The maximum atomic E-state index is 10.9. The van der Waals surface area contributed by atoms with E-state index >= 15 is 0 Å². The highest BCUT2D eigenvalue weighted by Gasteiger charge is 2.40. The van der Waals surface area contributed by atoms with Crippen molar-refractivity contribution in [1.29, 1.82) is 0 Å². The number of hydrogen-bond donors (Lipinski definition) is 1. The van der Waals surface area contributed by atoms with Crippen molar-refractivity contribution in [3.05, 3.63) is 35.9 Å². The second kappa shape index (κ2) is 13.1. The van der Waals surface area contributed by atoms with Gasteiger partial charge < -0.3 is 5.11 Å². The van der Waals surface area contributed by atoms with Gasteiger partial charge in [-0.15, -0.1) is 0 Å². The van der Waals surface area contributed by atoms with Crippen LogP contribution in [0.2, 0.25) is 0 Å². The molecule has 4 atom stereocenters. The molecule has 0 bridgehead atoms. The van der Waals surface area contributed by atoms with Crippen molar-refractivity contribution in [2.24, 2.45) is 11.8 Å². The van der Waals surface area contributed by atoms with Gasteiger partial charge in [0, 0.05) is 0 Å². The summed E-state index contributed by atoms with van der Waals surface area (Å²) in [6, 6.07) is 10.8. The first kappa shape index (κ1) is 24.9. The Balaban J connectivity index is 1.49. The molecule has 2 rings (SSSR count). The van der Waals surface area contributed by atoms with Crippen LogP contribution in [0.4, 0.5) is 0 Å². The van der Waals surface area contributed by atoms with Crippen molar-refractivity contribution in [3.8, 4) is 0 Å². The number of rotatable bonds is 14. The Morgan fingerprint density at radius 1 is 1.10 bits per heavy atom.